The van der Waals surface area contributed by atoms with Crippen molar-refractivity contribution in [1.82, 2.24) is 4.40 Å². The second-order valence-corrected chi connectivity index (χ2v) is 7.15. The maximum Gasteiger partial charge on any atom is 0.298 e. The summed E-state index contributed by atoms with van der Waals surface area (Å²) in [6.45, 7) is 3.90. The van der Waals surface area contributed by atoms with Crippen LogP contribution in [0.5, 0.6) is 0 Å². The lowest BCUT2D eigenvalue weighted by Crippen LogP contribution is -2.25. The van der Waals surface area contributed by atoms with E-state index >= 15 is 0 Å². The second kappa shape index (κ2) is 7.95. The van der Waals surface area contributed by atoms with Gasteiger partial charge in [0.05, 0.1) is 0 Å². The molecule has 150 valence electrons. The van der Waals surface area contributed by atoms with Crippen molar-refractivity contribution < 1.29 is 14.0 Å². The Bertz CT molecular complexity index is 1260. The van der Waals surface area contributed by atoms with Crippen LogP contribution in [0.3, 0.4) is 0 Å². The van der Waals surface area contributed by atoms with Gasteiger partial charge in [0, 0.05) is 23.0 Å². The molecule has 0 aliphatic rings. The smallest absolute Gasteiger partial charge is 0.298 e. The minimum atomic E-state index is -0.703. The van der Waals surface area contributed by atoms with Crippen molar-refractivity contribution in [1.29, 1.82) is 0 Å². The van der Waals surface area contributed by atoms with Gasteiger partial charge in [0.25, 0.3) is 11.7 Å². The average molecular weight is 400 g/mol. The Morgan fingerprint density at radius 1 is 1.00 bits per heavy atom. The van der Waals surface area contributed by atoms with Crippen molar-refractivity contribution in [2.75, 3.05) is 5.32 Å². The molecule has 2 heterocycles. The number of pyridine rings is 1. The predicted octanol–water partition coefficient (Wildman–Crippen LogP) is 5.44. The molecule has 0 saturated heterocycles. The number of hydrogen-bond acceptors (Lipinski definition) is 2. The Kier molecular flexibility index (Phi) is 5.19. The third-order valence-electron chi connectivity index (χ3n) is 5.23. The lowest BCUT2D eigenvalue weighted by Gasteiger charge is -2.13. The number of nitrogens with one attached hydrogen (secondary N) is 1. The van der Waals surface area contributed by atoms with E-state index in [4.69, 9.17) is 0 Å². The van der Waals surface area contributed by atoms with E-state index in [0.717, 1.165) is 23.1 Å². The van der Waals surface area contributed by atoms with Gasteiger partial charge < -0.3 is 9.72 Å². The molecule has 4 aromatic rings. The number of rotatable bonds is 5. The molecule has 0 spiro atoms. The molecular weight excluding hydrogens is 379 g/mol. The largest absolute Gasteiger partial charge is 0.319 e. The maximum absolute atomic E-state index is 13.4. The van der Waals surface area contributed by atoms with Crippen LogP contribution in [0.4, 0.5) is 10.1 Å². The van der Waals surface area contributed by atoms with E-state index in [1.54, 1.807) is 28.8 Å². The van der Waals surface area contributed by atoms with Crippen LogP contribution in [-0.2, 0) is 11.2 Å². The van der Waals surface area contributed by atoms with E-state index in [0.29, 0.717) is 16.8 Å². The molecule has 2 aromatic heterocycles. The monoisotopic (exact) mass is 400 g/mol. The number of para-hydroxylation sites is 1. The van der Waals surface area contributed by atoms with Crippen molar-refractivity contribution in [2.24, 2.45) is 0 Å². The zero-order valence-corrected chi connectivity index (χ0v) is 16.8. The minimum Gasteiger partial charge on any atom is -0.319 e. The Balaban J connectivity index is 1.79. The number of carbonyl (C=O) groups is 2. The maximum atomic E-state index is 13.4. The summed E-state index contributed by atoms with van der Waals surface area (Å²) in [4.78, 5) is 26.3. The van der Waals surface area contributed by atoms with Crippen molar-refractivity contribution in [3.63, 3.8) is 0 Å². The third-order valence-corrected chi connectivity index (χ3v) is 5.23. The zero-order chi connectivity index (χ0) is 21.3. The molecule has 0 atom stereocenters. The van der Waals surface area contributed by atoms with Crippen LogP contribution in [0.25, 0.3) is 16.6 Å². The van der Waals surface area contributed by atoms with Gasteiger partial charge in [-0.3, -0.25) is 9.59 Å². The first-order chi connectivity index (χ1) is 14.5. The van der Waals surface area contributed by atoms with Gasteiger partial charge in [-0.1, -0.05) is 43.3 Å². The number of amides is 1. The summed E-state index contributed by atoms with van der Waals surface area (Å²) in [6, 6.07) is 19.0. The number of benzene rings is 2. The van der Waals surface area contributed by atoms with Crippen LogP contribution in [0.1, 0.15) is 28.5 Å². The first-order valence-corrected chi connectivity index (χ1v) is 9.79. The molecular formula is C25H21FN2O2. The van der Waals surface area contributed by atoms with Crippen LogP contribution < -0.4 is 5.32 Å². The standard InChI is InChI=1S/C25H21FN2O2/c1-3-17-8-6-7-16(2)22(17)27-25(30)24(29)23-21(18-10-12-19(26)13-11-18)15-20-9-4-5-14-28(20)23/h4-15H,3H2,1-2H3,(H,27,30). The number of Topliss-reactive ketones (excluding diaryl/α,β-unsaturated/α-hetero) is 1. The minimum absolute atomic E-state index is 0.251. The summed E-state index contributed by atoms with van der Waals surface area (Å²) in [5, 5.41) is 2.81. The third kappa shape index (κ3) is 3.50. The highest BCUT2D eigenvalue weighted by molar-refractivity contribution is 6.47. The lowest BCUT2D eigenvalue weighted by molar-refractivity contribution is -0.112. The van der Waals surface area contributed by atoms with Gasteiger partial charge >= 0.3 is 0 Å². The molecule has 30 heavy (non-hydrogen) atoms. The van der Waals surface area contributed by atoms with Crippen LogP contribution in [0.2, 0.25) is 0 Å². The van der Waals surface area contributed by atoms with Gasteiger partial charge in [-0.15, -0.1) is 0 Å². The number of fused-ring (bicyclic) bond motifs is 1. The Morgan fingerprint density at radius 3 is 2.50 bits per heavy atom. The highest BCUT2D eigenvalue weighted by Gasteiger charge is 2.25. The van der Waals surface area contributed by atoms with Crippen molar-refractivity contribution in [2.45, 2.75) is 20.3 Å². The second-order valence-electron chi connectivity index (χ2n) is 7.15. The average Bonchev–Trinajstić information content (AvgIpc) is 3.14. The molecule has 2 aromatic carbocycles. The molecule has 1 N–H and O–H groups in total. The quantitative estimate of drug-likeness (QED) is 0.358. The van der Waals surface area contributed by atoms with Gasteiger partial charge in [0.2, 0.25) is 0 Å². The van der Waals surface area contributed by atoms with Crippen molar-refractivity contribution in [3.8, 4) is 11.1 Å². The normalized spacial score (nSPS) is 10.9. The summed E-state index contributed by atoms with van der Waals surface area (Å²) in [5.74, 6) is -1.71. The van der Waals surface area contributed by atoms with Crippen molar-refractivity contribution >= 4 is 22.9 Å². The van der Waals surface area contributed by atoms with Crippen LogP contribution in [0, 0.1) is 12.7 Å². The van der Waals surface area contributed by atoms with Crippen LogP contribution in [-0.4, -0.2) is 16.1 Å². The fraction of sp³-hybridized carbons (Fsp3) is 0.120. The van der Waals surface area contributed by atoms with Crippen LogP contribution >= 0.6 is 0 Å². The topological polar surface area (TPSA) is 50.6 Å². The van der Waals surface area contributed by atoms with E-state index < -0.39 is 11.7 Å². The first kappa shape index (κ1) is 19.6. The molecule has 4 rings (SSSR count). The van der Waals surface area contributed by atoms with Gasteiger partial charge in [-0.25, -0.2) is 4.39 Å². The Labute approximate surface area is 174 Å². The zero-order valence-electron chi connectivity index (χ0n) is 16.8. The molecule has 5 heteroatoms. The number of nitrogens with zero attached hydrogens (tertiary/aromatic N) is 1. The van der Waals surface area contributed by atoms with E-state index in [9.17, 15) is 14.0 Å². The fourth-order valence-electron chi connectivity index (χ4n) is 3.68. The summed E-state index contributed by atoms with van der Waals surface area (Å²) in [6.07, 6.45) is 2.48. The molecule has 0 fully saturated rings. The molecule has 0 bridgehead atoms. The number of aromatic nitrogens is 1. The number of halogens is 1. The molecule has 0 aliphatic heterocycles. The Morgan fingerprint density at radius 2 is 1.77 bits per heavy atom. The highest BCUT2D eigenvalue weighted by Crippen LogP contribution is 2.29. The summed E-state index contributed by atoms with van der Waals surface area (Å²) in [5.41, 5.74) is 4.81. The summed E-state index contributed by atoms with van der Waals surface area (Å²) >= 11 is 0. The number of ketones is 1. The molecule has 0 aliphatic carbocycles. The van der Waals surface area contributed by atoms with Gasteiger partial charge in [0.1, 0.15) is 11.5 Å². The highest BCUT2D eigenvalue weighted by atomic mass is 19.1. The van der Waals surface area contributed by atoms with E-state index in [1.165, 1.54) is 12.1 Å². The van der Waals surface area contributed by atoms with E-state index in [-0.39, 0.29) is 11.5 Å². The van der Waals surface area contributed by atoms with Crippen LogP contribution in [0.15, 0.2) is 72.9 Å². The Hall–Kier alpha value is -3.73. The van der Waals surface area contributed by atoms with Gasteiger partial charge in [-0.05, 0) is 60.4 Å². The van der Waals surface area contributed by atoms with E-state index in [2.05, 4.69) is 5.32 Å². The van der Waals surface area contributed by atoms with Crippen molar-refractivity contribution in [3.05, 3.63) is 95.6 Å². The number of aryl methyl sites for hydroxylation is 2. The lowest BCUT2D eigenvalue weighted by atomic mass is 10.0. The van der Waals surface area contributed by atoms with Gasteiger partial charge in [0.15, 0.2) is 0 Å². The number of hydrogen-bond donors (Lipinski definition) is 1. The fourth-order valence-corrected chi connectivity index (χ4v) is 3.68. The molecule has 0 unspecified atom stereocenters. The number of anilines is 1. The SMILES string of the molecule is CCc1cccc(C)c1NC(=O)C(=O)c1c(-c2ccc(F)cc2)cc2ccccn12. The molecule has 4 nitrogen and oxygen atoms in total. The predicted molar refractivity (Wildman–Crippen MR) is 116 cm³/mol. The molecule has 1 amide bonds. The first-order valence-electron chi connectivity index (χ1n) is 9.79. The molecule has 0 radical (unpaired) electrons. The van der Waals surface area contributed by atoms with E-state index in [1.807, 2.05) is 50.2 Å². The molecule has 0 saturated carbocycles. The van der Waals surface area contributed by atoms with Gasteiger partial charge in [-0.2, -0.15) is 0 Å². The number of carbonyl (C=O) groups excluding carboxylic acids is 2. The summed E-state index contributed by atoms with van der Waals surface area (Å²) < 4.78 is 15.1. The summed E-state index contributed by atoms with van der Waals surface area (Å²) in [7, 11) is 0.